The average Bonchev–Trinajstić information content (AvgIpc) is 2.23. The minimum Gasteiger partial charge on any atom is -0.385 e. The van der Waals surface area contributed by atoms with Crippen LogP contribution in [0, 0.1) is 12.7 Å². The molecule has 0 atom stereocenters. The van der Waals surface area contributed by atoms with Gasteiger partial charge in [-0.15, -0.1) is 0 Å². The van der Waals surface area contributed by atoms with Crippen molar-refractivity contribution in [2.24, 2.45) is 0 Å². The molecular weight excluding hydrogens is 215 g/mol. The summed E-state index contributed by atoms with van der Waals surface area (Å²) in [5.74, 6) is -0.395. The Hall–Kier alpha value is -0.600. The van der Waals surface area contributed by atoms with Crippen molar-refractivity contribution < 1.29 is 9.50 Å². The zero-order valence-electron chi connectivity index (χ0n) is 9.27. The van der Waals surface area contributed by atoms with Crippen LogP contribution in [0.1, 0.15) is 37.8 Å². The fraction of sp³-hybridized carbons (Fsp3) is 0.500. The van der Waals surface area contributed by atoms with Crippen molar-refractivity contribution in [1.82, 2.24) is 0 Å². The van der Waals surface area contributed by atoms with Crippen LogP contribution in [0.15, 0.2) is 12.1 Å². The summed E-state index contributed by atoms with van der Waals surface area (Å²) >= 11 is 5.94. The molecule has 1 rings (SSSR count). The second kappa shape index (κ2) is 4.50. The Bertz CT molecular complexity index is 359. The number of benzene rings is 1. The highest BCUT2D eigenvalue weighted by molar-refractivity contribution is 6.31. The lowest BCUT2D eigenvalue weighted by molar-refractivity contribution is 0.0248. The van der Waals surface area contributed by atoms with E-state index in [1.54, 1.807) is 19.1 Å². The maximum atomic E-state index is 13.9. The maximum absolute atomic E-state index is 13.9. The SMILES string of the molecule is CCC(O)(CC)c1c(Cl)ccc(C)c1F. The molecule has 15 heavy (non-hydrogen) atoms. The molecule has 0 aliphatic carbocycles. The van der Waals surface area contributed by atoms with Gasteiger partial charge in [0.15, 0.2) is 0 Å². The van der Waals surface area contributed by atoms with Gasteiger partial charge in [-0.05, 0) is 31.4 Å². The summed E-state index contributed by atoms with van der Waals surface area (Å²) < 4.78 is 13.9. The maximum Gasteiger partial charge on any atom is 0.133 e. The molecule has 0 aliphatic heterocycles. The Labute approximate surface area is 94.9 Å². The van der Waals surface area contributed by atoms with Crippen molar-refractivity contribution in [1.29, 1.82) is 0 Å². The lowest BCUT2D eigenvalue weighted by Crippen LogP contribution is -2.26. The van der Waals surface area contributed by atoms with Gasteiger partial charge in [0.25, 0.3) is 0 Å². The van der Waals surface area contributed by atoms with Crippen LogP contribution in [-0.2, 0) is 5.60 Å². The van der Waals surface area contributed by atoms with Gasteiger partial charge in [-0.3, -0.25) is 0 Å². The van der Waals surface area contributed by atoms with Crippen molar-refractivity contribution in [2.45, 2.75) is 39.2 Å². The Morgan fingerprint density at radius 1 is 1.33 bits per heavy atom. The highest BCUT2D eigenvalue weighted by Gasteiger charge is 2.31. The first kappa shape index (κ1) is 12.5. The van der Waals surface area contributed by atoms with E-state index in [1.807, 2.05) is 13.8 Å². The van der Waals surface area contributed by atoms with Crippen LogP contribution in [0.5, 0.6) is 0 Å². The summed E-state index contributed by atoms with van der Waals surface area (Å²) in [5.41, 5.74) is -0.420. The highest BCUT2D eigenvalue weighted by Crippen LogP contribution is 2.36. The summed E-state index contributed by atoms with van der Waals surface area (Å²) in [7, 11) is 0. The molecule has 0 radical (unpaired) electrons. The van der Waals surface area contributed by atoms with E-state index in [4.69, 9.17) is 11.6 Å². The first-order valence-corrected chi connectivity index (χ1v) is 5.51. The molecule has 1 N–H and O–H groups in total. The summed E-state index contributed by atoms with van der Waals surface area (Å²) in [5, 5.41) is 10.6. The molecule has 0 unspecified atom stereocenters. The molecule has 0 aliphatic rings. The van der Waals surface area contributed by atoms with Crippen LogP contribution < -0.4 is 0 Å². The van der Waals surface area contributed by atoms with Crippen LogP contribution in [0.4, 0.5) is 4.39 Å². The molecule has 0 spiro atoms. The molecule has 3 heteroatoms. The predicted octanol–water partition coefficient (Wildman–Crippen LogP) is 3.80. The topological polar surface area (TPSA) is 20.2 Å². The lowest BCUT2D eigenvalue weighted by atomic mass is 9.87. The van der Waals surface area contributed by atoms with Gasteiger partial charge in [0.1, 0.15) is 5.82 Å². The number of hydrogen-bond donors (Lipinski definition) is 1. The van der Waals surface area contributed by atoms with Gasteiger partial charge in [0.05, 0.1) is 5.60 Å². The van der Waals surface area contributed by atoms with E-state index in [9.17, 15) is 9.50 Å². The average molecular weight is 231 g/mol. The molecular formula is C12H16ClFO. The van der Waals surface area contributed by atoms with Crippen LogP contribution in [0.25, 0.3) is 0 Å². The minimum absolute atomic E-state index is 0.231. The molecule has 1 aromatic carbocycles. The number of halogens is 2. The van der Waals surface area contributed by atoms with E-state index in [2.05, 4.69) is 0 Å². The van der Waals surface area contributed by atoms with Crippen LogP contribution in [0.2, 0.25) is 5.02 Å². The van der Waals surface area contributed by atoms with E-state index in [1.165, 1.54) is 0 Å². The van der Waals surface area contributed by atoms with Gasteiger partial charge < -0.3 is 5.11 Å². The molecule has 1 aromatic rings. The monoisotopic (exact) mass is 230 g/mol. The van der Waals surface area contributed by atoms with Crippen molar-refractivity contribution in [2.75, 3.05) is 0 Å². The molecule has 1 nitrogen and oxygen atoms in total. The first-order chi connectivity index (χ1) is 6.96. The van der Waals surface area contributed by atoms with Crippen molar-refractivity contribution >= 4 is 11.6 Å². The molecule has 0 saturated carbocycles. The van der Waals surface area contributed by atoms with Gasteiger partial charge >= 0.3 is 0 Å². The number of aliphatic hydroxyl groups is 1. The Morgan fingerprint density at radius 2 is 1.87 bits per heavy atom. The third-order valence-corrected chi connectivity index (χ3v) is 3.23. The standard InChI is InChI=1S/C12H16ClFO/c1-4-12(15,5-2)10-9(13)7-6-8(3)11(10)14/h6-7,15H,4-5H2,1-3H3. The van der Waals surface area contributed by atoms with Gasteiger partial charge in [-0.2, -0.15) is 0 Å². The van der Waals surface area contributed by atoms with Crippen LogP contribution >= 0.6 is 11.6 Å². The van der Waals surface area contributed by atoms with Gasteiger partial charge in [-0.25, -0.2) is 4.39 Å². The number of aryl methyl sites for hydroxylation is 1. The van der Waals surface area contributed by atoms with Gasteiger partial charge in [0.2, 0.25) is 0 Å². The van der Waals surface area contributed by atoms with E-state index >= 15 is 0 Å². The Kier molecular flexibility index (Phi) is 3.74. The molecule has 0 heterocycles. The zero-order chi connectivity index (χ0) is 11.6. The van der Waals surface area contributed by atoms with Crippen molar-refractivity contribution in [3.05, 3.63) is 34.1 Å². The van der Waals surface area contributed by atoms with Crippen molar-refractivity contribution in [3.63, 3.8) is 0 Å². The Morgan fingerprint density at radius 3 is 2.33 bits per heavy atom. The second-order valence-corrected chi connectivity index (χ2v) is 4.20. The van der Waals surface area contributed by atoms with Crippen LogP contribution in [0.3, 0.4) is 0 Å². The summed E-state index contributed by atoms with van der Waals surface area (Å²) in [6.45, 7) is 5.31. The molecule has 0 aromatic heterocycles. The quantitative estimate of drug-likeness (QED) is 0.838. The number of hydrogen-bond acceptors (Lipinski definition) is 1. The lowest BCUT2D eigenvalue weighted by Gasteiger charge is -2.27. The summed E-state index contributed by atoms with van der Waals surface area (Å²) in [4.78, 5) is 0. The molecule has 0 fully saturated rings. The largest absolute Gasteiger partial charge is 0.385 e. The minimum atomic E-state index is -1.16. The van der Waals surface area contributed by atoms with E-state index in [-0.39, 0.29) is 5.56 Å². The van der Waals surface area contributed by atoms with Gasteiger partial charge in [-0.1, -0.05) is 31.5 Å². The first-order valence-electron chi connectivity index (χ1n) is 5.13. The molecule has 0 bridgehead atoms. The third-order valence-electron chi connectivity index (χ3n) is 2.92. The number of rotatable bonds is 3. The zero-order valence-corrected chi connectivity index (χ0v) is 10.0. The second-order valence-electron chi connectivity index (χ2n) is 3.79. The molecule has 0 amide bonds. The highest BCUT2D eigenvalue weighted by atomic mass is 35.5. The predicted molar refractivity (Wildman–Crippen MR) is 60.6 cm³/mol. The molecule has 0 saturated heterocycles. The normalized spacial score (nSPS) is 11.9. The third kappa shape index (κ3) is 2.16. The summed E-state index contributed by atoms with van der Waals surface area (Å²) in [6.07, 6.45) is 0.896. The van der Waals surface area contributed by atoms with Gasteiger partial charge in [0, 0.05) is 10.6 Å². The van der Waals surface area contributed by atoms with Crippen molar-refractivity contribution in [3.8, 4) is 0 Å². The smallest absolute Gasteiger partial charge is 0.133 e. The Balaban J connectivity index is 3.41. The van der Waals surface area contributed by atoms with E-state index in [0.717, 1.165) is 0 Å². The fourth-order valence-corrected chi connectivity index (χ4v) is 2.01. The van der Waals surface area contributed by atoms with Crippen LogP contribution in [-0.4, -0.2) is 5.11 Å². The van der Waals surface area contributed by atoms with E-state index < -0.39 is 11.4 Å². The fourth-order valence-electron chi connectivity index (χ4n) is 1.69. The van der Waals surface area contributed by atoms with E-state index in [0.29, 0.717) is 23.4 Å². The molecule has 84 valence electrons. The summed E-state index contributed by atoms with van der Waals surface area (Å²) in [6, 6.07) is 3.25.